The number of hydrogen-bond acceptors (Lipinski definition) is 3. The van der Waals surface area contributed by atoms with Crippen LogP contribution < -0.4 is 5.32 Å². The molecule has 0 aliphatic carbocycles. The van der Waals surface area contributed by atoms with Crippen LogP contribution in [-0.4, -0.2) is 28.1 Å². The van der Waals surface area contributed by atoms with E-state index in [1.54, 1.807) is 36.4 Å². The average Bonchev–Trinajstić information content (AvgIpc) is 2.55. The zero-order valence-electron chi connectivity index (χ0n) is 12.2. The molecule has 0 aliphatic rings. The predicted molar refractivity (Wildman–Crippen MR) is 84.7 cm³/mol. The van der Waals surface area contributed by atoms with Gasteiger partial charge in [-0.1, -0.05) is 36.3 Å². The number of carboxylic acid groups (broad SMARTS) is 1. The molecule has 23 heavy (non-hydrogen) atoms. The van der Waals surface area contributed by atoms with Crippen LogP contribution in [0.25, 0.3) is 0 Å². The quantitative estimate of drug-likeness (QED) is 0.748. The van der Waals surface area contributed by atoms with E-state index in [4.69, 9.17) is 0 Å². The summed E-state index contributed by atoms with van der Waals surface area (Å²) < 4.78 is 0. The Morgan fingerprint density at radius 1 is 1.04 bits per heavy atom. The lowest BCUT2D eigenvalue weighted by Crippen LogP contribution is -2.41. The molecule has 5 heteroatoms. The molecule has 2 rings (SSSR count). The molecule has 0 fully saturated rings. The molecule has 0 heterocycles. The van der Waals surface area contributed by atoms with Gasteiger partial charge in [0.2, 0.25) is 0 Å². The maximum Gasteiger partial charge on any atom is 0.326 e. The number of phenolic OH excluding ortho intramolecular Hbond substituents is 1. The number of carbonyl (C=O) groups excluding carboxylic acids is 1. The van der Waals surface area contributed by atoms with E-state index in [1.807, 2.05) is 6.07 Å². The summed E-state index contributed by atoms with van der Waals surface area (Å²) in [5.41, 5.74) is 1.36. The van der Waals surface area contributed by atoms with Crippen LogP contribution >= 0.6 is 0 Å². The van der Waals surface area contributed by atoms with Gasteiger partial charge < -0.3 is 15.5 Å². The fourth-order valence-corrected chi connectivity index (χ4v) is 1.91. The van der Waals surface area contributed by atoms with Crippen LogP contribution in [0.15, 0.2) is 54.6 Å². The molecule has 0 unspecified atom stereocenters. The Labute approximate surface area is 133 Å². The van der Waals surface area contributed by atoms with Crippen LogP contribution in [0, 0.1) is 11.8 Å². The minimum atomic E-state index is -1.15. The van der Waals surface area contributed by atoms with Crippen molar-refractivity contribution in [3.63, 3.8) is 0 Å². The zero-order valence-corrected chi connectivity index (χ0v) is 12.2. The van der Waals surface area contributed by atoms with Crippen molar-refractivity contribution < 1.29 is 19.8 Å². The number of carbonyl (C=O) groups is 2. The Balaban J connectivity index is 2.02. The van der Waals surface area contributed by atoms with Crippen molar-refractivity contribution in [1.29, 1.82) is 0 Å². The maximum atomic E-state index is 11.8. The summed E-state index contributed by atoms with van der Waals surface area (Å²) in [4.78, 5) is 23.1. The molecule has 0 spiro atoms. The van der Waals surface area contributed by atoms with Gasteiger partial charge in [-0.2, -0.15) is 0 Å². The Hall–Kier alpha value is -3.26. The fraction of sp³-hybridized carbons (Fsp3) is 0.111. The van der Waals surface area contributed by atoms with E-state index in [0.29, 0.717) is 11.1 Å². The molecule has 0 saturated carbocycles. The second-order valence-corrected chi connectivity index (χ2v) is 4.85. The molecule has 0 radical (unpaired) electrons. The number of nitrogens with one attached hydrogen (secondary N) is 1. The summed E-state index contributed by atoms with van der Waals surface area (Å²) in [6.45, 7) is 0. The molecule has 5 nitrogen and oxygen atoms in total. The van der Waals surface area contributed by atoms with Crippen molar-refractivity contribution in [2.24, 2.45) is 0 Å². The van der Waals surface area contributed by atoms with Crippen LogP contribution in [0.1, 0.15) is 11.1 Å². The van der Waals surface area contributed by atoms with Gasteiger partial charge in [0.1, 0.15) is 11.8 Å². The number of carboxylic acids is 1. The third-order valence-corrected chi connectivity index (χ3v) is 3.07. The molecule has 0 aromatic heterocycles. The van der Waals surface area contributed by atoms with Crippen molar-refractivity contribution >= 4 is 11.9 Å². The van der Waals surface area contributed by atoms with Crippen molar-refractivity contribution in [3.8, 4) is 17.6 Å². The highest BCUT2D eigenvalue weighted by molar-refractivity contribution is 5.96. The van der Waals surface area contributed by atoms with Gasteiger partial charge in [0, 0.05) is 17.9 Å². The lowest BCUT2D eigenvalue weighted by atomic mass is 10.1. The molecule has 1 amide bonds. The van der Waals surface area contributed by atoms with E-state index in [0.717, 1.165) is 0 Å². The highest BCUT2D eigenvalue weighted by atomic mass is 16.4. The van der Waals surface area contributed by atoms with Gasteiger partial charge in [-0.25, -0.2) is 4.79 Å². The summed E-state index contributed by atoms with van der Waals surface area (Å²) in [6, 6.07) is 14.0. The van der Waals surface area contributed by atoms with Crippen LogP contribution in [0.2, 0.25) is 0 Å². The van der Waals surface area contributed by atoms with E-state index in [9.17, 15) is 19.8 Å². The van der Waals surface area contributed by atoms with Gasteiger partial charge in [0.05, 0.1) is 0 Å². The van der Waals surface area contributed by atoms with E-state index in [-0.39, 0.29) is 12.2 Å². The van der Waals surface area contributed by atoms with Crippen LogP contribution in [0.5, 0.6) is 5.75 Å². The largest absolute Gasteiger partial charge is 0.508 e. The van der Waals surface area contributed by atoms with Gasteiger partial charge in [-0.3, -0.25) is 4.79 Å². The fourth-order valence-electron chi connectivity index (χ4n) is 1.91. The number of phenols is 1. The summed E-state index contributed by atoms with van der Waals surface area (Å²) >= 11 is 0. The van der Waals surface area contributed by atoms with Crippen molar-refractivity contribution in [2.45, 2.75) is 12.5 Å². The molecule has 3 N–H and O–H groups in total. The van der Waals surface area contributed by atoms with Crippen LogP contribution in [-0.2, 0) is 16.0 Å². The number of amides is 1. The number of aliphatic carboxylic acids is 1. The Morgan fingerprint density at radius 2 is 1.70 bits per heavy atom. The molecule has 1 atom stereocenters. The first kappa shape index (κ1) is 16.1. The average molecular weight is 309 g/mol. The normalized spacial score (nSPS) is 11.0. The first-order chi connectivity index (χ1) is 11.0. The summed E-state index contributed by atoms with van der Waals surface area (Å²) in [6.07, 6.45) is 0.106. The minimum absolute atomic E-state index is 0.0957. The van der Waals surface area contributed by atoms with Crippen molar-refractivity contribution in [1.82, 2.24) is 5.32 Å². The number of aromatic hydroxyl groups is 1. The molecule has 0 aliphatic heterocycles. The Bertz CT molecular complexity index is 742. The highest BCUT2D eigenvalue weighted by Crippen LogP contribution is 2.11. The lowest BCUT2D eigenvalue weighted by molar-refractivity contribution is -0.141. The number of rotatable bonds is 4. The molecule has 2 aromatic carbocycles. The van der Waals surface area contributed by atoms with E-state index < -0.39 is 17.9 Å². The topological polar surface area (TPSA) is 86.6 Å². The number of hydrogen-bond donors (Lipinski definition) is 3. The first-order valence-corrected chi connectivity index (χ1v) is 6.93. The third-order valence-electron chi connectivity index (χ3n) is 3.07. The van der Waals surface area contributed by atoms with Crippen molar-refractivity contribution in [2.75, 3.05) is 0 Å². The summed E-state index contributed by atoms with van der Waals surface area (Å²) in [5.74, 6) is 3.35. The lowest BCUT2D eigenvalue weighted by Gasteiger charge is -2.12. The first-order valence-electron chi connectivity index (χ1n) is 6.93. The third kappa shape index (κ3) is 5.21. The molecule has 2 aromatic rings. The predicted octanol–water partition coefficient (Wildman–Crippen LogP) is 1.56. The van der Waals surface area contributed by atoms with Gasteiger partial charge in [-0.05, 0) is 29.8 Å². The van der Waals surface area contributed by atoms with Gasteiger partial charge in [-0.15, -0.1) is 0 Å². The second kappa shape index (κ2) is 7.66. The summed E-state index contributed by atoms with van der Waals surface area (Å²) in [5, 5.41) is 20.8. The van der Waals surface area contributed by atoms with E-state index in [1.165, 1.54) is 12.1 Å². The second-order valence-electron chi connectivity index (χ2n) is 4.85. The molecule has 0 bridgehead atoms. The SMILES string of the molecule is O=C(C#Cc1ccccc1)N[C@@H](Cc1ccc(O)cc1)C(=O)O. The van der Waals surface area contributed by atoms with Crippen LogP contribution in [0.3, 0.4) is 0 Å². The van der Waals surface area contributed by atoms with Gasteiger partial charge in [0.25, 0.3) is 5.91 Å². The van der Waals surface area contributed by atoms with Gasteiger partial charge >= 0.3 is 5.97 Å². The Kier molecular flexibility index (Phi) is 5.37. The summed E-state index contributed by atoms with van der Waals surface area (Å²) in [7, 11) is 0. The molecular formula is C18H15NO4. The van der Waals surface area contributed by atoms with Crippen molar-refractivity contribution in [3.05, 3.63) is 65.7 Å². The Morgan fingerprint density at radius 3 is 2.30 bits per heavy atom. The zero-order chi connectivity index (χ0) is 16.7. The van der Waals surface area contributed by atoms with Crippen LogP contribution in [0.4, 0.5) is 0 Å². The standard InChI is InChI=1S/C18H15NO4/c20-15-9-6-14(7-10-15)12-16(18(22)23)19-17(21)11-8-13-4-2-1-3-5-13/h1-7,9-10,16,20H,12H2,(H,19,21)(H,22,23)/t16-/m0/s1. The van der Waals surface area contributed by atoms with Gasteiger partial charge in [0.15, 0.2) is 0 Å². The molecular weight excluding hydrogens is 294 g/mol. The van der Waals surface area contributed by atoms with E-state index >= 15 is 0 Å². The highest BCUT2D eigenvalue weighted by Gasteiger charge is 2.19. The minimum Gasteiger partial charge on any atom is -0.508 e. The van der Waals surface area contributed by atoms with E-state index in [2.05, 4.69) is 17.2 Å². The smallest absolute Gasteiger partial charge is 0.326 e. The maximum absolute atomic E-state index is 11.8. The number of benzene rings is 2. The molecule has 0 saturated heterocycles. The molecule has 116 valence electrons. The monoisotopic (exact) mass is 309 g/mol.